The summed E-state index contributed by atoms with van der Waals surface area (Å²) in [6.45, 7) is 9.57. The van der Waals surface area contributed by atoms with Crippen molar-refractivity contribution in [2.45, 2.75) is 72.3 Å². The average molecular weight is 250 g/mol. The fourth-order valence-corrected chi connectivity index (χ4v) is 1.89. The van der Waals surface area contributed by atoms with Gasteiger partial charge in [-0.15, -0.1) is 0 Å². The number of ether oxygens (including phenoxy) is 1. The molecule has 1 aliphatic rings. The SMILES string of the molecule is CCC(C)(C)C(=O)OC(C)(C)C#CC1CCCC1. The van der Waals surface area contributed by atoms with Gasteiger partial charge in [0.1, 0.15) is 0 Å². The predicted octanol–water partition coefficient (Wildman–Crippen LogP) is 3.94. The van der Waals surface area contributed by atoms with Crippen molar-refractivity contribution < 1.29 is 9.53 Å². The first-order valence-corrected chi connectivity index (χ1v) is 7.03. The third-order valence-electron chi connectivity index (χ3n) is 3.72. The monoisotopic (exact) mass is 250 g/mol. The number of rotatable bonds is 3. The van der Waals surface area contributed by atoms with E-state index < -0.39 is 11.0 Å². The zero-order valence-electron chi connectivity index (χ0n) is 12.4. The maximum absolute atomic E-state index is 12.0. The Labute approximate surface area is 111 Å². The van der Waals surface area contributed by atoms with Crippen LogP contribution in [0.5, 0.6) is 0 Å². The summed E-state index contributed by atoms with van der Waals surface area (Å²) in [5.41, 5.74) is -1.10. The van der Waals surface area contributed by atoms with Gasteiger partial charge in [0, 0.05) is 5.92 Å². The molecule has 2 heteroatoms. The van der Waals surface area contributed by atoms with Gasteiger partial charge in [-0.3, -0.25) is 4.79 Å². The molecular weight excluding hydrogens is 224 g/mol. The summed E-state index contributed by atoms with van der Waals surface area (Å²) in [4.78, 5) is 12.0. The van der Waals surface area contributed by atoms with Crippen LogP contribution in [0.2, 0.25) is 0 Å². The van der Waals surface area contributed by atoms with Gasteiger partial charge in [0.25, 0.3) is 0 Å². The topological polar surface area (TPSA) is 26.3 Å². The van der Waals surface area contributed by atoms with E-state index in [9.17, 15) is 4.79 Å². The molecule has 0 atom stereocenters. The van der Waals surface area contributed by atoms with Gasteiger partial charge in [-0.05, 0) is 47.0 Å². The molecule has 0 unspecified atom stereocenters. The Hall–Kier alpha value is -0.970. The molecule has 0 aromatic heterocycles. The zero-order chi connectivity index (χ0) is 13.8. The van der Waals surface area contributed by atoms with Crippen molar-refractivity contribution in [2.24, 2.45) is 11.3 Å². The third-order valence-corrected chi connectivity index (χ3v) is 3.72. The van der Waals surface area contributed by atoms with Gasteiger partial charge in [0.15, 0.2) is 5.60 Å². The smallest absolute Gasteiger partial charge is 0.312 e. The van der Waals surface area contributed by atoms with Gasteiger partial charge in [0.05, 0.1) is 5.41 Å². The van der Waals surface area contributed by atoms with Gasteiger partial charge in [0.2, 0.25) is 0 Å². The van der Waals surface area contributed by atoms with Crippen LogP contribution in [0.3, 0.4) is 0 Å². The van der Waals surface area contributed by atoms with Crippen molar-refractivity contribution in [2.75, 3.05) is 0 Å². The molecule has 1 rings (SSSR count). The lowest BCUT2D eigenvalue weighted by Gasteiger charge is -2.26. The molecule has 1 aliphatic carbocycles. The van der Waals surface area contributed by atoms with Crippen molar-refractivity contribution in [3.05, 3.63) is 0 Å². The highest BCUT2D eigenvalue weighted by Gasteiger charge is 2.32. The molecule has 0 amide bonds. The van der Waals surface area contributed by atoms with Gasteiger partial charge in [-0.25, -0.2) is 0 Å². The molecule has 1 fully saturated rings. The van der Waals surface area contributed by atoms with Gasteiger partial charge in [-0.2, -0.15) is 0 Å². The minimum atomic E-state index is -0.674. The van der Waals surface area contributed by atoms with Crippen LogP contribution >= 0.6 is 0 Å². The zero-order valence-corrected chi connectivity index (χ0v) is 12.4. The molecule has 0 aliphatic heterocycles. The summed E-state index contributed by atoms with van der Waals surface area (Å²) in [7, 11) is 0. The Morgan fingerprint density at radius 3 is 2.28 bits per heavy atom. The lowest BCUT2D eigenvalue weighted by atomic mass is 9.90. The number of esters is 1. The van der Waals surface area contributed by atoms with Gasteiger partial charge < -0.3 is 4.74 Å². The van der Waals surface area contributed by atoms with Crippen LogP contribution in [-0.4, -0.2) is 11.6 Å². The van der Waals surface area contributed by atoms with Gasteiger partial charge in [-0.1, -0.05) is 31.6 Å². The first-order valence-electron chi connectivity index (χ1n) is 7.03. The van der Waals surface area contributed by atoms with Crippen molar-refractivity contribution in [1.82, 2.24) is 0 Å². The number of carbonyl (C=O) groups excluding carboxylic acids is 1. The van der Waals surface area contributed by atoms with E-state index in [1.165, 1.54) is 25.7 Å². The standard InChI is InChI=1S/C16H26O2/c1-6-15(2,3)14(17)18-16(4,5)12-11-13-9-7-8-10-13/h13H,6-10H2,1-5H3. The fraction of sp³-hybridized carbons (Fsp3) is 0.812. The highest BCUT2D eigenvalue weighted by atomic mass is 16.6. The predicted molar refractivity (Wildman–Crippen MR) is 74.0 cm³/mol. The Kier molecular flexibility index (Phi) is 4.85. The molecule has 0 heterocycles. The summed E-state index contributed by atoms with van der Waals surface area (Å²) in [5.74, 6) is 6.75. The van der Waals surface area contributed by atoms with E-state index in [0.717, 1.165) is 6.42 Å². The second-order valence-corrected chi connectivity index (χ2v) is 6.39. The highest BCUT2D eigenvalue weighted by molar-refractivity contribution is 5.76. The van der Waals surface area contributed by atoms with E-state index in [1.54, 1.807) is 0 Å². The summed E-state index contributed by atoms with van der Waals surface area (Å²) in [6.07, 6.45) is 5.72. The molecule has 0 spiro atoms. The van der Waals surface area contributed by atoms with Crippen LogP contribution in [0.4, 0.5) is 0 Å². The van der Waals surface area contributed by atoms with Crippen LogP contribution in [-0.2, 0) is 9.53 Å². The molecule has 102 valence electrons. The Morgan fingerprint density at radius 2 is 1.78 bits per heavy atom. The second kappa shape index (κ2) is 5.78. The van der Waals surface area contributed by atoms with Gasteiger partial charge >= 0.3 is 5.97 Å². The Bertz CT molecular complexity index is 349. The molecule has 0 aromatic carbocycles. The molecule has 0 aromatic rings. The van der Waals surface area contributed by atoms with E-state index in [-0.39, 0.29) is 5.97 Å². The number of hydrogen-bond acceptors (Lipinski definition) is 2. The van der Waals surface area contributed by atoms with E-state index in [0.29, 0.717) is 5.92 Å². The van der Waals surface area contributed by atoms with Crippen LogP contribution in [0.1, 0.15) is 66.7 Å². The second-order valence-electron chi connectivity index (χ2n) is 6.39. The molecular formula is C16H26O2. The summed E-state index contributed by atoms with van der Waals surface area (Å²) < 4.78 is 5.54. The quantitative estimate of drug-likeness (QED) is 0.560. The van der Waals surface area contributed by atoms with E-state index >= 15 is 0 Å². The van der Waals surface area contributed by atoms with E-state index in [1.807, 2.05) is 34.6 Å². The number of carbonyl (C=O) groups is 1. The first kappa shape index (κ1) is 15.1. The first-order chi connectivity index (χ1) is 8.27. The molecule has 18 heavy (non-hydrogen) atoms. The fourth-order valence-electron chi connectivity index (χ4n) is 1.89. The molecule has 2 nitrogen and oxygen atoms in total. The van der Waals surface area contributed by atoms with E-state index in [4.69, 9.17) is 4.74 Å². The minimum absolute atomic E-state index is 0.157. The largest absolute Gasteiger partial charge is 0.446 e. The Morgan fingerprint density at radius 1 is 1.22 bits per heavy atom. The van der Waals surface area contributed by atoms with Crippen LogP contribution < -0.4 is 0 Å². The van der Waals surface area contributed by atoms with E-state index in [2.05, 4.69) is 11.8 Å². The lowest BCUT2D eigenvalue weighted by Crippen LogP contribution is -2.34. The lowest BCUT2D eigenvalue weighted by molar-refractivity contribution is -0.162. The van der Waals surface area contributed by atoms with Crippen molar-refractivity contribution in [3.63, 3.8) is 0 Å². The summed E-state index contributed by atoms with van der Waals surface area (Å²) >= 11 is 0. The van der Waals surface area contributed by atoms with Crippen molar-refractivity contribution in [3.8, 4) is 11.8 Å². The van der Waals surface area contributed by atoms with Crippen molar-refractivity contribution in [1.29, 1.82) is 0 Å². The molecule has 1 saturated carbocycles. The van der Waals surface area contributed by atoms with Crippen molar-refractivity contribution >= 4 is 5.97 Å². The van der Waals surface area contributed by atoms with Crippen LogP contribution in [0, 0.1) is 23.2 Å². The van der Waals surface area contributed by atoms with Crippen LogP contribution in [0.15, 0.2) is 0 Å². The molecule has 0 radical (unpaired) electrons. The summed E-state index contributed by atoms with van der Waals surface area (Å²) in [6, 6.07) is 0. The average Bonchev–Trinajstić information content (AvgIpc) is 2.78. The minimum Gasteiger partial charge on any atom is -0.446 e. The summed E-state index contributed by atoms with van der Waals surface area (Å²) in [5, 5.41) is 0. The van der Waals surface area contributed by atoms with Crippen LogP contribution in [0.25, 0.3) is 0 Å². The normalized spacial score (nSPS) is 17.2. The number of hydrogen-bond donors (Lipinski definition) is 0. The molecule has 0 bridgehead atoms. The molecule has 0 saturated heterocycles. The molecule has 0 N–H and O–H groups in total. The highest BCUT2D eigenvalue weighted by Crippen LogP contribution is 2.26. The maximum atomic E-state index is 12.0. The Balaban J connectivity index is 2.61. The maximum Gasteiger partial charge on any atom is 0.312 e. The third kappa shape index (κ3) is 4.37.